The molecule has 0 saturated heterocycles. The van der Waals surface area contributed by atoms with Crippen molar-refractivity contribution in [1.82, 2.24) is 0 Å². The van der Waals surface area contributed by atoms with Crippen molar-refractivity contribution in [3.63, 3.8) is 0 Å². The number of alkyl halides is 3. The van der Waals surface area contributed by atoms with E-state index in [-0.39, 0.29) is 0 Å². The molecule has 3 aromatic carbocycles. The number of halogens is 7. The summed E-state index contributed by atoms with van der Waals surface area (Å²) in [4.78, 5) is 24.9. The van der Waals surface area contributed by atoms with E-state index in [1.165, 1.54) is 37.3 Å². The summed E-state index contributed by atoms with van der Waals surface area (Å²) < 4.78 is 93.8. The van der Waals surface area contributed by atoms with Crippen LogP contribution in [0.15, 0.2) is 65.6 Å². The van der Waals surface area contributed by atoms with E-state index in [9.17, 15) is 40.3 Å². The monoisotopic (exact) mass is 542 g/mol. The summed E-state index contributed by atoms with van der Waals surface area (Å²) >= 11 is 0.882. The van der Waals surface area contributed by atoms with Crippen molar-refractivity contribution in [2.75, 3.05) is 10.6 Å². The summed E-state index contributed by atoms with van der Waals surface area (Å²) in [6.45, 7) is 1.30. The Balaban J connectivity index is 1.64. The normalized spacial score (nSPS) is 12.4. The molecule has 0 bridgehead atoms. The summed E-state index contributed by atoms with van der Waals surface area (Å²) in [5.41, 5.74) is -3.13. The van der Waals surface area contributed by atoms with Crippen LogP contribution < -0.4 is 10.6 Å². The second-order valence-corrected chi connectivity index (χ2v) is 8.92. The molecular weight excluding hydrogens is 525 g/mol. The molecule has 1 atom stereocenters. The van der Waals surface area contributed by atoms with Crippen LogP contribution in [0.3, 0.4) is 0 Å². The summed E-state index contributed by atoms with van der Waals surface area (Å²) in [7, 11) is 0. The predicted octanol–water partition coefficient (Wildman–Crippen LogP) is 7.03. The zero-order valence-electron chi connectivity index (χ0n) is 18.8. The van der Waals surface area contributed by atoms with E-state index < -0.39 is 57.8 Å². The van der Waals surface area contributed by atoms with Crippen molar-refractivity contribution in [2.24, 2.45) is 0 Å². The van der Waals surface area contributed by atoms with Gasteiger partial charge >= 0.3 is 6.18 Å². The lowest BCUT2D eigenvalue weighted by atomic mass is 10.1. The number of hydrogen-bond donors (Lipinski definition) is 2. The number of rotatable bonds is 7. The Hall–Kier alpha value is -3.80. The molecule has 0 saturated carbocycles. The van der Waals surface area contributed by atoms with E-state index in [4.69, 9.17) is 0 Å². The van der Waals surface area contributed by atoms with Crippen molar-refractivity contribution in [1.29, 1.82) is 0 Å². The SMILES string of the molecule is CC(Sc1ccc(NC(=O)/C=C/c2ccccc2)cc1)C(=O)Nc1c(F)c(F)c(C(F)(F)F)c(F)c1F. The summed E-state index contributed by atoms with van der Waals surface area (Å²) in [5, 5.41) is 3.16. The summed E-state index contributed by atoms with van der Waals surface area (Å²) in [6.07, 6.45) is -2.72. The van der Waals surface area contributed by atoms with Crippen molar-refractivity contribution in [2.45, 2.75) is 23.2 Å². The van der Waals surface area contributed by atoms with Crippen molar-refractivity contribution < 1.29 is 40.3 Å². The maximum atomic E-state index is 14.0. The van der Waals surface area contributed by atoms with Crippen molar-refractivity contribution in [3.8, 4) is 0 Å². The molecular formula is C25H17F7N2O2S. The molecule has 0 radical (unpaired) electrons. The standard InChI is InChI=1S/C25H17F7N2O2S/c1-13(24(36)34-23-21(28)19(26)18(25(30,31)32)20(27)22(23)29)37-16-10-8-15(9-11-16)33-17(35)12-7-14-5-3-2-4-6-14/h2-13H,1H3,(H,33,35)(H,34,36)/b12-7+. The quantitative estimate of drug-likeness (QED) is 0.146. The first-order valence-electron chi connectivity index (χ1n) is 10.4. The minimum Gasteiger partial charge on any atom is -0.323 e. The van der Waals surface area contributed by atoms with Gasteiger partial charge in [0.15, 0.2) is 23.3 Å². The third-order valence-corrected chi connectivity index (χ3v) is 5.94. The van der Waals surface area contributed by atoms with E-state index >= 15 is 0 Å². The average molecular weight is 542 g/mol. The Morgan fingerprint density at radius 2 is 1.41 bits per heavy atom. The Labute approximate surface area is 210 Å². The van der Waals surface area contributed by atoms with Crippen LogP contribution >= 0.6 is 11.8 Å². The second kappa shape index (κ2) is 11.5. The van der Waals surface area contributed by atoms with Gasteiger partial charge in [0, 0.05) is 16.7 Å². The van der Waals surface area contributed by atoms with Crippen LogP contribution in [-0.4, -0.2) is 17.1 Å². The number of carbonyl (C=O) groups is 2. The minimum atomic E-state index is -5.69. The molecule has 0 aliphatic heterocycles. The highest BCUT2D eigenvalue weighted by molar-refractivity contribution is 8.00. The van der Waals surface area contributed by atoms with E-state index in [1.807, 2.05) is 30.3 Å². The molecule has 2 N–H and O–H groups in total. The predicted molar refractivity (Wildman–Crippen MR) is 126 cm³/mol. The van der Waals surface area contributed by atoms with Gasteiger partial charge in [-0.25, -0.2) is 17.6 Å². The van der Waals surface area contributed by atoms with E-state index in [2.05, 4.69) is 5.32 Å². The highest BCUT2D eigenvalue weighted by Gasteiger charge is 2.42. The van der Waals surface area contributed by atoms with Crippen LogP contribution in [-0.2, 0) is 15.8 Å². The fourth-order valence-electron chi connectivity index (χ4n) is 3.01. The number of benzene rings is 3. The first kappa shape index (κ1) is 27.8. The Kier molecular flexibility index (Phi) is 8.64. The molecule has 0 fully saturated rings. The van der Waals surface area contributed by atoms with Gasteiger partial charge in [-0.2, -0.15) is 13.2 Å². The Bertz CT molecular complexity index is 1300. The Morgan fingerprint density at radius 3 is 1.95 bits per heavy atom. The van der Waals surface area contributed by atoms with Gasteiger partial charge in [-0.15, -0.1) is 11.8 Å². The number of anilines is 2. The van der Waals surface area contributed by atoms with Gasteiger partial charge in [-0.3, -0.25) is 9.59 Å². The van der Waals surface area contributed by atoms with Gasteiger partial charge in [-0.1, -0.05) is 30.3 Å². The van der Waals surface area contributed by atoms with Crippen LogP contribution in [0.5, 0.6) is 0 Å². The van der Waals surface area contributed by atoms with Gasteiger partial charge < -0.3 is 10.6 Å². The summed E-state index contributed by atoms with van der Waals surface area (Å²) in [6, 6.07) is 15.2. The molecule has 0 spiro atoms. The van der Waals surface area contributed by atoms with Gasteiger partial charge in [0.1, 0.15) is 11.3 Å². The molecule has 0 heterocycles. The van der Waals surface area contributed by atoms with Crippen LogP contribution in [0.2, 0.25) is 0 Å². The van der Waals surface area contributed by atoms with Crippen molar-refractivity contribution >= 4 is 41.0 Å². The van der Waals surface area contributed by atoms with Crippen LogP contribution in [0.4, 0.5) is 42.1 Å². The van der Waals surface area contributed by atoms with E-state index in [0.29, 0.717) is 10.6 Å². The second-order valence-electron chi connectivity index (χ2n) is 7.51. The molecule has 0 aliphatic rings. The molecule has 0 aromatic heterocycles. The lowest BCUT2D eigenvalue weighted by Gasteiger charge is -2.16. The molecule has 4 nitrogen and oxygen atoms in total. The smallest absolute Gasteiger partial charge is 0.323 e. The zero-order valence-corrected chi connectivity index (χ0v) is 19.6. The van der Waals surface area contributed by atoms with E-state index in [1.54, 1.807) is 11.4 Å². The largest absolute Gasteiger partial charge is 0.422 e. The molecule has 37 heavy (non-hydrogen) atoms. The van der Waals surface area contributed by atoms with Crippen LogP contribution in [0.1, 0.15) is 18.1 Å². The van der Waals surface area contributed by atoms with Gasteiger partial charge in [0.2, 0.25) is 11.8 Å². The third-order valence-electron chi connectivity index (χ3n) is 4.83. The first-order valence-corrected chi connectivity index (χ1v) is 11.3. The summed E-state index contributed by atoms with van der Waals surface area (Å²) in [5.74, 6) is -11.6. The zero-order chi connectivity index (χ0) is 27.3. The maximum Gasteiger partial charge on any atom is 0.422 e. The van der Waals surface area contributed by atoms with Crippen LogP contribution in [0.25, 0.3) is 6.08 Å². The highest BCUT2D eigenvalue weighted by atomic mass is 32.2. The maximum absolute atomic E-state index is 14.0. The van der Waals surface area contributed by atoms with Gasteiger partial charge in [-0.05, 0) is 42.8 Å². The van der Waals surface area contributed by atoms with E-state index in [0.717, 1.165) is 17.3 Å². The molecule has 1 unspecified atom stereocenters. The number of nitrogens with one attached hydrogen (secondary N) is 2. The lowest BCUT2D eigenvalue weighted by molar-refractivity contribution is -0.143. The topological polar surface area (TPSA) is 58.2 Å². The fourth-order valence-corrected chi connectivity index (χ4v) is 3.88. The van der Waals surface area contributed by atoms with Crippen LogP contribution in [0, 0.1) is 23.3 Å². The third kappa shape index (κ3) is 6.91. The highest BCUT2D eigenvalue weighted by Crippen LogP contribution is 2.38. The lowest BCUT2D eigenvalue weighted by Crippen LogP contribution is -2.25. The fraction of sp³-hybridized carbons (Fsp3) is 0.120. The molecule has 0 aliphatic carbocycles. The molecule has 3 aromatic rings. The number of carbonyl (C=O) groups excluding carboxylic acids is 2. The van der Waals surface area contributed by atoms with Gasteiger partial charge in [0.05, 0.1) is 5.25 Å². The first-order chi connectivity index (χ1) is 17.4. The number of thioether (sulfide) groups is 1. The molecule has 194 valence electrons. The van der Waals surface area contributed by atoms with Crippen molar-refractivity contribution in [3.05, 3.63) is 95.1 Å². The average Bonchev–Trinajstić information content (AvgIpc) is 2.85. The molecule has 2 amide bonds. The Morgan fingerprint density at radius 1 is 0.838 bits per heavy atom. The number of amides is 2. The molecule has 12 heteroatoms. The van der Waals surface area contributed by atoms with Gasteiger partial charge in [0.25, 0.3) is 0 Å². The minimum absolute atomic E-state index is 0.392. The molecule has 3 rings (SSSR count). The number of hydrogen-bond acceptors (Lipinski definition) is 3.